The van der Waals surface area contributed by atoms with Crippen LogP contribution in [0.3, 0.4) is 0 Å². The molecule has 1 aliphatic heterocycles. The predicted octanol–water partition coefficient (Wildman–Crippen LogP) is 0.624. The van der Waals surface area contributed by atoms with Gasteiger partial charge in [0.05, 0.1) is 11.7 Å². The minimum Gasteiger partial charge on any atom is -0.314 e. The third-order valence-electron chi connectivity index (χ3n) is 2.33. The monoisotopic (exact) mass is 177 g/mol. The Kier molecular flexibility index (Phi) is 2.57. The molecule has 1 aromatic heterocycles. The smallest absolute Gasteiger partial charge is 0.0622 e. The fourth-order valence-electron chi connectivity index (χ4n) is 1.55. The van der Waals surface area contributed by atoms with Gasteiger partial charge in [-0.3, -0.25) is 4.98 Å². The van der Waals surface area contributed by atoms with E-state index in [-0.39, 0.29) is 0 Å². The van der Waals surface area contributed by atoms with Crippen molar-refractivity contribution in [3.63, 3.8) is 0 Å². The van der Waals surface area contributed by atoms with Gasteiger partial charge in [0.1, 0.15) is 0 Å². The first-order valence-electron chi connectivity index (χ1n) is 4.73. The van der Waals surface area contributed by atoms with Crippen LogP contribution in [-0.4, -0.2) is 24.6 Å². The van der Waals surface area contributed by atoms with Crippen molar-refractivity contribution in [3.05, 3.63) is 29.6 Å². The largest absolute Gasteiger partial charge is 0.314 e. The molecule has 0 radical (unpaired) electrons. The molecule has 13 heavy (non-hydrogen) atoms. The van der Waals surface area contributed by atoms with Crippen LogP contribution in [-0.2, 0) is 0 Å². The lowest BCUT2D eigenvalue weighted by Gasteiger charge is -2.23. The summed E-state index contributed by atoms with van der Waals surface area (Å²) in [6.45, 7) is 5.13. The van der Waals surface area contributed by atoms with E-state index in [0.29, 0.717) is 6.04 Å². The SMILES string of the molecule is Cc1ccc([C@@H]2CNCCN2)nc1. The molecule has 0 spiro atoms. The molecule has 0 saturated carbocycles. The molecular formula is C10H15N3. The molecule has 0 aromatic carbocycles. The normalized spacial score (nSPS) is 23.0. The number of hydrogen-bond acceptors (Lipinski definition) is 3. The molecular weight excluding hydrogens is 162 g/mol. The summed E-state index contributed by atoms with van der Waals surface area (Å²) in [6.07, 6.45) is 1.92. The Morgan fingerprint density at radius 1 is 1.38 bits per heavy atom. The molecule has 2 heterocycles. The molecule has 1 atom stereocenters. The first kappa shape index (κ1) is 8.66. The fraction of sp³-hybridized carbons (Fsp3) is 0.500. The molecule has 1 aromatic rings. The molecule has 3 nitrogen and oxygen atoms in total. The maximum absolute atomic E-state index is 4.40. The quantitative estimate of drug-likeness (QED) is 0.660. The Hall–Kier alpha value is -0.930. The van der Waals surface area contributed by atoms with Crippen LogP contribution in [0.15, 0.2) is 18.3 Å². The zero-order chi connectivity index (χ0) is 9.10. The summed E-state index contributed by atoms with van der Waals surface area (Å²) in [5.41, 5.74) is 2.35. The van der Waals surface area contributed by atoms with Crippen LogP contribution in [0.4, 0.5) is 0 Å². The molecule has 0 aliphatic carbocycles. The maximum atomic E-state index is 4.40. The minimum absolute atomic E-state index is 0.384. The number of piperazine rings is 1. The van der Waals surface area contributed by atoms with Crippen molar-refractivity contribution in [2.24, 2.45) is 0 Å². The molecule has 0 amide bonds. The first-order valence-corrected chi connectivity index (χ1v) is 4.73. The van der Waals surface area contributed by atoms with Gasteiger partial charge >= 0.3 is 0 Å². The van der Waals surface area contributed by atoms with E-state index in [1.165, 1.54) is 5.56 Å². The predicted molar refractivity (Wildman–Crippen MR) is 52.6 cm³/mol. The number of pyridine rings is 1. The summed E-state index contributed by atoms with van der Waals surface area (Å²) < 4.78 is 0. The molecule has 0 unspecified atom stereocenters. The van der Waals surface area contributed by atoms with Crippen LogP contribution in [0.1, 0.15) is 17.3 Å². The number of aryl methyl sites for hydroxylation is 1. The number of rotatable bonds is 1. The second-order valence-electron chi connectivity index (χ2n) is 3.47. The lowest BCUT2D eigenvalue weighted by atomic mass is 10.1. The summed E-state index contributed by atoms with van der Waals surface area (Å²) in [4.78, 5) is 4.40. The summed E-state index contributed by atoms with van der Waals surface area (Å²) in [5, 5.41) is 6.78. The Morgan fingerprint density at radius 2 is 2.31 bits per heavy atom. The van der Waals surface area contributed by atoms with E-state index in [4.69, 9.17) is 0 Å². The highest BCUT2D eigenvalue weighted by molar-refractivity contribution is 5.15. The second kappa shape index (κ2) is 3.85. The molecule has 2 rings (SSSR count). The molecule has 0 bridgehead atoms. The van der Waals surface area contributed by atoms with Crippen molar-refractivity contribution in [3.8, 4) is 0 Å². The zero-order valence-corrected chi connectivity index (χ0v) is 7.88. The van der Waals surface area contributed by atoms with Crippen molar-refractivity contribution in [1.29, 1.82) is 0 Å². The van der Waals surface area contributed by atoms with Gasteiger partial charge in [-0.15, -0.1) is 0 Å². The zero-order valence-electron chi connectivity index (χ0n) is 7.88. The maximum Gasteiger partial charge on any atom is 0.0622 e. The van der Waals surface area contributed by atoms with E-state index in [2.05, 4.69) is 34.7 Å². The minimum atomic E-state index is 0.384. The third kappa shape index (κ3) is 2.05. The second-order valence-corrected chi connectivity index (χ2v) is 3.47. The van der Waals surface area contributed by atoms with Gasteiger partial charge in [0.25, 0.3) is 0 Å². The standard InChI is InChI=1S/C10H15N3/c1-8-2-3-9(13-6-8)10-7-11-4-5-12-10/h2-3,6,10-12H,4-5,7H2,1H3/t10-/m0/s1. The van der Waals surface area contributed by atoms with E-state index in [9.17, 15) is 0 Å². The van der Waals surface area contributed by atoms with Crippen molar-refractivity contribution in [2.75, 3.05) is 19.6 Å². The lowest BCUT2D eigenvalue weighted by Crippen LogP contribution is -2.42. The number of nitrogens with zero attached hydrogens (tertiary/aromatic N) is 1. The molecule has 70 valence electrons. The van der Waals surface area contributed by atoms with Crippen LogP contribution in [0.5, 0.6) is 0 Å². The molecule has 1 aliphatic rings. The summed E-state index contributed by atoms with van der Waals surface area (Å²) in [5.74, 6) is 0. The van der Waals surface area contributed by atoms with Crippen LogP contribution < -0.4 is 10.6 Å². The Balaban J connectivity index is 2.10. The molecule has 1 fully saturated rings. The van der Waals surface area contributed by atoms with Gasteiger partial charge < -0.3 is 10.6 Å². The third-order valence-corrected chi connectivity index (χ3v) is 2.33. The summed E-state index contributed by atoms with van der Waals surface area (Å²) in [7, 11) is 0. The number of nitrogens with one attached hydrogen (secondary N) is 2. The van der Waals surface area contributed by atoms with E-state index in [1.807, 2.05) is 6.20 Å². The van der Waals surface area contributed by atoms with Gasteiger partial charge in [-0.2, -0.15) is 0 Å². The van der Waals surface area contributed by atoms with E-state index < -0.39 is 0 Å². The van der Waals surface area contributed by atoms with Crippen LogP contribution in [0, 0.1) is 6.92 Å². The average Bonchev–Trinajstić information content (AvgIpc) is 2.20. The van der Waals surface area contributed by atoms with Crippen molar-refractivity contribution >= 4 is 0 Å². The van der Waals surface area contributed by atoms with Crippen molar-refractivity contribution in [2.45, 2.75) is 13.0 Å². The first-order chi connectivity index (χ1) is 6.36. The van der Waals surface area contributed by atoms with Gasteiger partial charge in [-0.25, -0.2) is 0 Å². The highest BCUT2D eigenvalue weighted by Crippen LogP contribution is 2.10. The number of aromatic nitrogens is 1. The average molecular weight is 177 g/mol. The van der Waals surface area contributed by atoms with Crippen molar-refractivity contribution < 1.29 is 0 Å². The van der Waals surface area contributed by atoms with Crippen LogP contribution in [0.25, 0.3) is 0 Å². The van der Waals surface area contributed by atoms with Crippen molar-refractivity contribution in [1.82, 2.24) is 15.6 Å². The highest BCUT2D eigenvalue weighted by atomic mass is 15.1. The highest BCUT2D eigenvalue weighted by Gasteiger charge is 2.14. The topological polar surface area (TPSA) is 37.0 Å². The Labute approximate surface area is 78.6 Å². The molecule has 2 N–H and O–H groups in total. The van der Waals surface area contributed by atoms with Gasteiger partial charge in [0.2, 0.25) is 0 Å². The molecule has 1 saturated heterocycles. The van der Waals surface area contributed by atoms with Gasteiger partial charge in [0, 0.05) is 25.8 Å². The van der Waals surface area contributed by atoms with Gasteiger partial charge in [-0.1, -0.05) is 6.07 Å². The van der Waals surface area contributed by atoms with Crippen LogP contribution in [0.2, 0.25) is 0 Å². The van der Waals surface area contributed by atoms with E-state index in [1.54, 1.807) is 0 Å². The van der Waals surface area contributed by atoms with E-state index in [0.717, 1.165) is 25.3 Å². The number of hydrogen-bond donors (Lipinski definition) is 2. The Morgan fingerprint density at radius 3 is 2.92 bits per heavy atom. The summed E-state index contributed by atoms with van der Waals surface area (Å²) >= 11 is 0. The van der Waals surface area contributed by atoms with Crippen LogP contribution >= 0.6 is 0 Å². The van der Waals surface area contributed by atoms with E-state index >= 15 is 0 Å². The Bertz CT molecular complexity index is 262. The summed E-state index contributed by atoms with van der Waals surface area (Å²) in [6, 6.07) is 4.59. The fourth-order valence-corrected chi connectivity index (χ4v) is 1.55. The van der Waals surface area contributed by atoms with Gasteiger partial charge in [0.15, 0.2) is 0 Å². The van der Waals surface area contributed by atoms with Gasteiger partial charge in [-0.05, 0) is 18.6 Å². The molecule has 3 heteroatoms. The lowest BCUT2D eigenvalue weighted by molar-refractivity contribution is 0.423.